The van der Waals surface area contributed by atoms with E-state index in [4.69, 9.17) is 9.84 Å². The minimum absolute atomic E-state index is 0.00513. The number of aromatic nitrogens is 2. The third-order valence-corrected chi connectivity index (χ3v) is 4.56. The first-order valence-electron chi connectivity index (χ1n) is 6.51. The van der Waals surface area contributed by atoms with E-state index in [0.717, 1.165) is 28.6 Å². The smallest absolute Gasteiger partial charge is 0.313 e. The molecule has 0 unspecified atom stereocenters. The van der Waals surface area contributed by atoms with Gasteiger partial charge in [-0.3, -0.25) is 4.79 Å². The highest BCUT2D eigenvalue weighted by Crippen LogP contribution is 2.27. The Labute approximate surface area is 134 Å². The first-order chi connectivity index (χ1) is 10.1. The Hall–Kier alpha value is -1.25. The van der Waals surface area contributed by atoms with Crippen LogP contribution in [0.1, 0.15) is 0 Å². The van der Waals surface area contributed by atoms with E-state index in [0.29, 0.717) is 18.4 Å². The predicted molar refractivity (Wildman–Crippen MR) is 84.6 cm³/mol. The van der Waals surface area contributed by atoms with Crippen LogP contribution in [0.15, 0.2) is 27.8 Å². The third kappa shape index (κ3) is 3.17. The SMILES string of the molecule is O=C(O)CSc1nc2cc(Br)ccc2n1N1CCOCC1. The number of ether oxygens (including phenoxy) is 1. The van der Waals surface area contributed by atoms with Gasteiger partial charge in [0, 0.05) is 4.47 Å². The van der Waals surface area contributed by atoms with E-state index in [9.17, 15) is 4.79 Å². The van der Waals surface area contributed by atoms with Crippen molar-refractivity contribution in [2.45, 2.75) is 5.16 Å². The molecular weight excluding hydrogens is 358 g/mol. The maximum atomic E-state index is 10.8. The Morgan fingerprint density at radius 2 is 2.19 bits per heavy atom. The minimum Gasteiger partial charge on any atom is -0.481 e. The van der Waals surface area contributed by atoms with Crippen LogP contribution in [-0.2, 0) is 9.53 Å². The highest BCUT2D eigenvalue weighted by atomic mass is 79.9. The number of carboxylic acid groups (broad SMARTS) is 1. The number of imidazole rings is 1. The van der Waals surface area contributed by atoms with E-state index in [1.807, 2.05) is 22.9 Å². The number of halogens is 1. The molecule has 21 heavy (non-hydrogen) atoms. The summed E-state index contributed by atoms with van der Waals surface area (Å²) < 4.78 is 8.35. The summed E-state index contributed by atoms with van der Waals surface area (Å²) in [6.07, 6.45) is 0. The number of hydrogen-bond donors (Lipinski definition) is 1. The molecule has 0 amide bonds. The summed E-state index contributed by atoms with van der Waals surface area (Å²) >= 11 is 4.68. The van der Waals surface area contributed by atoms with Crippen molar-refractivity contribution >= 4 is 44.7 Å². The lowest BCUT2D eigenvalue weighted by Crippen LogP contribution is -2.44. The van der Waals surface area contributed by atoms with E-state index in [-0.39, 0.29) is 5.75 Å². The molecule has 8 heteroatoms. The zero-order valence-corrected chi connectivity index (χ0v) is 13.6. The van der Waals surface area contributed by atoms with Gasteiger partial charge in [0.2, 0.25) is 0 Å². The Morgan fingerprint density at radius 3 is 2.90 bits per heavy atom. The van der Waals surface area contributed by atoms with Crippen LogP contribution in [0.4, 0.5) is 0 Å². The number of nitrogens with zero attached hydrogens (tertiary/aromatic N) is 3. The van der Waals surface area contributed by atoms with E-state index in [1.165, 1.54) is 11.8 Å². The van der Waals surface area contributed by atoms with Gasteiger partial charge >= 0.3 is 5.97 Å². The molecule has 0 atom stereocenters. The normalized spacial score (nSPS) is 15.6. The van der Waals surface area contributed by atoms with Crippen molar-refractivity contribution in [3.8, 4) is 0 Å². The van der Waals surface area contributed by atoms with Crippen molar-refractivity contribution in [1.29, 1.82) is 0 Å². The monoisotopic (exact) mass is 371 g/mol. The molecule has 1 aliphatic rings. The Morgan fingerprint density at radius 1 is 1.43 bits per heavy atom. The van der Waals surface area contributed by atoms with Crippen LogP contribution in [0.2, 0.25) is 0 Å². The standard InChI is InChI=1S/C13H14BrN3O3S/c14-9-1-2-11-10(7-9)15-13(21-8-12(18)19)17(11)16-3-5-20-6-4-16/h1-2,7H,3-6,8H2,(H,18,19). The molecule has 3 rings (SSSR count). The van der Waals surface area contributed by atoms with Gasteiger partial charge in [-0.2, -0.15) is 0 Å². The number of rotatable bonds is 4. The second kappa shape index (κ2) is 6.25. The third-order valence-electron chi connectivity index (χ3n) is 3.16. The summed E-state index contributed by atoms with van der Waals surface area (Å²) in [4.78, 5) is 15.4. The van der Waals surface area contributed by atoms with Crippen LogP contribution in [0.25, 0.3) is 11.0 Å². The van der Waals surface area contributed by atoms with Crippen LogP contribution in [-0.4, -0.2) is 52.8 Å². The van der Waals surface area contributed by atoms with Gasteiger partial charge in [0.05, 0.1) is 43.1 Å². The van der Waals surface area contributed by atoms with E-state index in [2.05, 4.69) is 25.9 Å². The first kappa shape index (κ1) is 14.7. The zero-order valence-electron chi connectivity index (χ0n) is 11.2. The van der Waals surface area contributed by atoms with Crippen molar-refractivity contribution in [1.82, 2.24) is 9.66 Å². The van der Waals surface area contributed by atoms with Gasteiger partial charge in [-0.15, -0.1) is 0 Å². The van der Waals surface area contributed by atoms with Gasteiger partial charge in [0.25, 0.3) is 0 Å². The molecule has 1 saturated heterocycles. The Kier molecular flexibility index (Phi) is 4.37. The largest absolute Gasteiger partial charge is 0.481 e. The van der Waals surface area contributed by atoms with Gasteiger partial charge in [-0.1, -0.05) is 27.7 Å². The molecule has 0 saturated carbocycles. The molecule has 1 aliphatic heterocycles. The second-order valence-corrected chi connectivity index (χ2v) is 6.45. The van der Waals surface area contributed by atoms with Gasteiger partial charge in [-0.25, -0.2) is 9.66 Å². The van der Waals surface area contributed by atoms with Crippen LogP contribution in [0.3, 0.4) is 0 Å². The van der Waals surface area contributed by atoms with Gasteiger partial charge in [0.15, 0.2) is 5.16 Å². The van der Waals surface area contributed by atoms with E-state index < -0.39 is 5.97 Å². The minimum atomic E-state index is -0.846. The van der Waals surface area contributed by atoms with Gasteiger partial charge < -0.3 is 14.9 Å². The van der Waals surface area contributed by atoms with Crippen molar-refractivity contribution in [3.05, 3.63) is 22.7 Å². The Bertz CT molecular complexity index is 670. The molecular formula is C13H14BrN3O3S. The molecule has 2 aromatic rings. The maximum absolute atomic E-state index is 10.8. The van der Waals surface area contributed by atoms with Crippen molar-refractivity contribution in [3.63, 3.8) is 0 Å². The van der Waals surface area contributed by atoms with Crippen LogP contribution in [0.5, 0.6) is 0 Å². The number of fused-ring (bicyclic) bond motifs is 1. The fourth-order valence-corrected chi connectivity index (χ4v) is 3.37. The van der Waals surface area contributed by atoms with E-state index in [1.54, 1.807) is 0 Å². The average Bonchev–Trinajstić information content (AvgIpc) is 2.83. The van der Waals surface area contributed by atoms with Gasteiger partial charge in [-0.05, 0) is 18.2 Å². The summed E-state index contributed by atoms with van der Waals surface area (Å²) in [7, 11) is 0. The molecule has 1 fully saturated rings. The summed E-state index contributed by atoms with van der Waals surface area (Å²) in [5.41, 5.74) is 1.83. The number of benzene rings is 1. The molecule has 0 spiro atoms. The second-order valence-electron chi connectivity index (χ2n) is 4.59. The van der Waals surface area contributed by atoms with Crippen LogP contribution >= 0.6 is 27.7 Å². The van der Waals surface area contributed by atoms with Gasteiger partial charge in [0.1, 0.15) is 0 Å². The number of carbonyl (C=O) groups is 1. The number of aliphatic carboxylic acids is 1. The fourth-order valence-electron chi connectivity index (χ4n) is 2.27. The molecule has 2 heterocycles. The molecule has 0 radical (unpaired) electrons. The fraction of sp³-hybridized carbons (Fsp3) is 0.385. The lowest BCUT2D eigenvalue weighted by atomic mass is 10.3. The quantitative estimate of drug-likeness (QED) is 0.828. The summed E-state index contributed by atoms with van der Waals surface area (Å²) in [6, 6.07) is 5.90. The summed E-state index contributed by atoms with van der Waals surface area (Å²) in [6.45, 7) is 2.86. The van der Waals surface area contributed by atoms with Crippen molar-refractivity contribution in [2.75, 3.05) is 37.1 Å². The van der Waals surface area contributed by atoms with E-state index >= 15 is 0 Å². The summed E-state index contributed by atoms with van der Waals surface area (Å²) in [5.74, 6) is -0.851. The lowest BCUT2D eigenvalue weighted by molar-refractivity contribution is -0.133. The van der Waals surface area contributed by atoms with Crippen LogP contribution in [0, 0.1) is 0 Å². The highest BCUT2D eigenvalue weighted by molar-refractivity contribution is 9.10. The van der Waals surface area contributed by atoms with Crippen molar-refractivity contribution in [2.24, 2.45) is 0 Å². The molecule has 6 nitrogen and oxygen atoms in total. The molecule has 112 valence electrons. The number of morpholine rings is 1. The molecule has 0 aliphatic carbocycles. The van der Waals surface area contributed by atoms with Crippen molar-refractivity contribution < 1.29 is 14.6 Å². The Balaban J connectivity index is 2.03. The highest BCUT2D eigenvalue weighted by Gasteiger charge is 2.19. The molecule has 0 bridgehead atoms. The lowest BCUT2D eigenvalue weighted by Gasteiger charge is -2.31. The molecule has 1 N–H and O–H groups in total. The number of carboxylic acids is 1. The number of thioether (sulfide) groups is 1. The average molecular weight is 372 g/mol. The molecule has 1 aromatic carbocycles. The molecule has 1 aromatic heterocycles. The number of hydrogen-bond acceptors (Lipinski definition) is 5. The maximum Gasteiger partial charge on any atom is 0.313 e. The topological polar surface area (TPSA) is 67.6 Å². The zero-order chi connectivity index (χ0) is 14.8. The first-order valence-corrected chi connectivity index (χ1v) is 8.28. The van der Waals surface area contributed by atoms with Crippen LogP contribution < -0.4 is 5.01 Å². The predicted octanol–water partition coefficient (Wildman–Crippen LogP) is 1.94. The summed E-state index contributed by atoms with van der Waals surface area (Å²) in [5, 5.41) is 11.7.